The van der Waals surface area contributed by atoms with Crippen LogP contribution in [0, 0.1) is 6.92 Å². The number of hydrogen-bond donors (Lipinski definition) is 0. The zero-order chi connectivity index (χ0) is 15.3. The van der Waals surface area contributed by atoms with Gasteiger partial charge in [-0.2, -0.15) is 8.42 Å². The molecule has 0 aliphatic heterocycles. The van der Waals surface area contributed by atoms with Crippen LogP contribution in [0.1, 0.15) is 12.5 Å². The average molecular weight is 306 g/mol. The fourth-order valence-corrected chi connectivity index (χ4v) is 2.70. The lowest BCUT2D eigenvalue weighted by Gasteiger charge is -2.14. The Balaban J connectivity index is 1.94. The van der Waals surface area contributed by atoms with Crippen molar-refractivity contribution in [1.29, 1.82) is 0 Å². The van der Waals surface area contributed by atoms with Crippen LogP contribution >= 0.6 is 0 Å². The van der Waals surface area contributed by atoms with Crippen LogP contribution in [-0.2, 0) is 14.3 Å². The van der Waals surface area contributed by atoms with Crippen molar-refractivity contribution in [2.45, 2.75) is 24.8 Å². The van der Waals surface area contributed by atoms with Gasteiger partial charge in [-0.1, -0.05) is 35.9 Å². The van der Waals surface area contributed by atoms with E-state index in [1.807, 2.05) is 37.3 Å². The molecule has 2 aromatic rings. The first-order chi connectivity index (χ1) is 9.97. The number of ether oxygens (including phenoxy) is 1. The molecule has 0 fully saturated rings. The van der Waals surface area contributed by atoms with Gasteiger partial charge >= 0.3 is 0 Å². The maximum atomic E-state index is 12.0. The quantitative estimate of drug-likeness (QED) is 0.769. The molecule has 0 radical (unpaired) electrons. The van der Waals surface area contributed by atoms with Crippen molar-refractivity contribution in [2.24, 2.45) is 0 Å². The van der Waals surface area contributed by atoms with E-state index in [1.165, 1.54) is 12.1 Å². The summed E-state index contributed by atoms with van der Waals surface area (Å²) in [6.45, 7) is 3.62. The smallest absolute Gasteiger partial charge is 0.297 e. The Bertz CT molecular complexity index is 663. The van der Waals surface area contributed by atoms with Gasteiger partial charge in [-0.05, 0) is 38.1 Å². The number of para-hydroxylation sites is 1. The first kappa shape index (κ1) is 15.5. The molecule has 0 amide bonds. The number of benzene rings is 2. The lowest BCUT2D eigenvalue weighted by atomic mass is 10.2. The van der Waals surface area contributed by atoms with Gasteiger partial charge in [0, 0.05) is 0 Å². The molecular weight excluding hydrogens is 288 g/mol. The molecule has 0 spiro atoms. The van der Waals surface area contributed by atoms with Crippen LogP contribution in [0.2, 0.25) is 0 Å². The first-order valence-corrected chi connectivity index (χ1v) is 8.06. The minimum atomic E-state index is -3.74. The predicted octanol–water partition coefficient (Wildman–Crippen LogP) is 3.17. The largest absolute Gasteiger partial charge is 0.488 e. The molecule has 0 N–H and O–H groups in total. The second-order valence-electron chi connectivity index (χ2n) is 4.79. The van der Waals surface area contributed by atoms with Crippen LogP contribution in [0.25, 0.3) is 0 Å². The number of hydrogen-bond acceptors (Lipinski definition) is 4. The molecule has 0 aromatic heterocycles. The highest BCUT2D eigenvalue weighted by Crippen LogP contribution is 2.15. The second kappa shape index (κ2) is 6.74. The average Bonchev–Trinajstić information content (AvgIpc) is 2.47. The lowest BCUT2D eigenvalue weighted by molar-refractivity contribution is 0.146. The first-order valence-electron chi connectivity index (χ1n) is 6.65. The molecule has 0 aliphatic carbocycles. The Hall–Kier alpha value is -1.85. The van der Waals surface area contributed by atoms with Crippen LogP contribution in [0.4, 0.5) is 0 Å². The van der Waals surface area contributed by atoms with E-state index in [-0.39, 0.29) is 17.6 Å². The van der Waals surface area contributed by atoms with Crippen molar-refractivity contribution in [3.05, 3.63) is 60.2 Å². The van der Waals surface area contributed by atoms with Gasteiger partial charge < -0.3 is 4.74 Å². The summed E-state index contributed by atoms with van der Waals surface area (Å²) < 4.78 is 34.7. The predicted molar refractivity (Wildman–Crippen MR) is 80.8 cm³/mol. The molecule has 2 rings (SSSR count). The van der Waals surface area contributed by atoms with Crippen LogP contribution in [-0.4, -0.2) is 21.1 Å². The van der Waals surface area contributed by atoms with E-state index in [9.17, 15) is 8.42 Å². The van der Waals surface area contributed by atoms with Crippen molar-refractivity contribution in [3.63, 3.8) is 0 Å². The third-order valence-corrected chi connectivity index (χ3v) is 4.14. The van der Waals surface area contributed by atoms with Gasteiger partial charge in [0.05, 0.1) is 4.90 Å². The topological polar surface area (TPSA) is 52.6 Å². The monoisotopic (exact) mass is 306 g/mol. The normalized spacial score (nSPS) is 12.9. The van der Waals surface area contributed by atoms with Crippen molar-refractivity contribution < 1.29 is 17.3 Å². The third-order valence-electron chi connectivity index (χ3n) is 2.85. The molecule has 4 nitrogen and oxygen atoms in total. The lowest BCUT2D eigenvalue weighted by Crippen LogP contribution is -2.21. The van der Waals surface area contributed by atoms with Gasteiger partial charge in [0.15, 0.2) is 0 Å². The van der Waals surface area contributed by atoms with E-state index in [2.05, 4.69) is 0 Å². The maximum absolute atomic E-state index is 12.0. The molecule has 21 heavy (non-hydrogen) atoms. The van der Waals surface area contributed by atoms with E-state index in [0.717, 1.165) is 5.56 Å². The van der Waals surface area contributed by atoms with Crippen LogP contribution in [0.5, 0.6) is 5.75 Å². The van der Waals surface area contributed by atoms with Gasteiger partial charge in [-0.25, -0.2) is 0 Å². The molecule has 0 bridgehead atoms. The minimum absolute atomic E-state index is 0.0366. The van der Waals surface area contributed by atoms with Gasteiger partial charge in [-0.15, -0.1) is 0 Å². The summed E-state index contributed by atoms with van der Waals surface area (Å²) in [5.41, 5.74) is 0.995. The van der Waals surface area contributed by atoms with Gasteiger partial charge in [0.2, 0.25) is 0 Å². The molecule has 0 heterocycles. The third kappa shape index (κ3) is 4.58. The maximum Gasteiger partial charge on any atom is 0.297 e. The summed E-state index contributed by atoms with van der Waals surface area (Å²) in [5.74, 6) is 0.682. The summed E-state index contributed by atoms with van der Waals surface area (Å²) >= 11 is 0. The van der Waals surface area contributed by atoms with E-state index in [1.54, 1.807) is 19.1 Å². The fourth-order valence-electron chi connectivity index (χ4n) is 1.72. The zero-order valence-electron chi connectivity index (χ0n) is 12.0. The van der Waals surface area contributed by atoms with Gasteiger partial charge in [0.25, 0.3) is 10.1 Å². The van der Waals surface area contributed by atoms with Crippen LogP contribution < -0.4 is 4.74 Å². The molecule has 0 saturated carbocycles. The summed E-state index contributed by atoms with van der Waals surface area (Å²) in [4.78, 5) is 0.153. The summed E-state index contributed by atoms with van der Waals surface area (Å²) in [5, 5.41) is 0. The Morgan fingerprint density at radius 2 is 1.62 bits per heavy atom. The Labute approximate surface area is 125 Å². The molecule has 0 saturated heterocycles. The highest BCUT2D eigenvalue weighted by molar-refractivity contribution is 7.86. The molecule has 112 valence electrons. The minimum Gasteiger partial charge on any atom is -0.488 e. The van der Waals surface area contributed by atoms with Crippen molar-refractivity contribution in [3.8, 4) is 5.75 Å². The Morgan fingerprint density at radius 1 is 1.00 bits per heavy atom. The van der Waals surface area contributed by atoms with Crippen molar-refractivity contribution in [1.82, 2.24) is 0 Å². The Morgan fingerprint density at radius 3 is 2.24 bits per heavy atom. The van der Waals surface area contributed by atoms with Crippen molar-refractivity contribution in [2.75, 3.05) is 6.61 Å². The molecule has 1 unspecified atom stereocenters. The van der Waals surface area contributed by atoms with E-state index in [4.69, 9.17) is 8.92 Å². The molecular formula is C16H18O4S. The van der Waals surface area contributed by atoms with Gasteiger partial charge in [-0.3, -0.25) is 4.18 Å². The molecule has 0 aliphatic rings. The van der Waals surface area contributed by atoms with Crippen LogP contribution in [0.3, 0.4) is 0 Å². The summed E-state index contributed by atoms with van der Waals surface area (Å²) in [7, 11) is -3.74. The molecule has 1 atom stereocenters. The SMILES string of the molecule is Cc1ccc(S(=O)(=O)OCC(C)Oc2ccccc2)cc1. The molecule has 2 aromatic carbocycles. The Kier molecular flexibility index (Phi) is 4.98. The standard InChI is InChI=1S/C16H18O4S/c1-13-8-10-16(11-9-13)21(17,18)19-12-14(2)20-15-6-4-3-5-7-15/h3-11,14H,12H2,1-2H3. The summed E-state index contributed by atoms with van der Waals surface area (Å²) in [6.07, 6.45) is -0.368. The fraction of sp³-hybridized carbons (Fsp3) is 0.250. The van der Waals surface area contributed by atoms with Crippen molar-refractivity contribution >= 4 is 10.1 Å². The van der Waals surface area contributed by atoms with Gasteiger partial charge in [0.1, 0.15) is 18.5 Å². The number of rotatable bonds is 6. The zero-order valence-corrected chi connectivity index (χ0v) is 12.8. The van der Waals surface area contributed by atoms with E-state index in [0.29, 0.717) is 5.75 Å². The summed E-state index contributed by atoms with van der Waals surface area (Å²) in [6, 6.07) is 15.8. The van der Waals surface area contributed by atoms with E-state index < -0.39 is 10.1 Å². The number of aryl methyl sites for hydroxylation is 1. The second-order valence-corrected chi connectivity index (χ2v) is 6.41. The highest BCUT2D eigenvalue weighted by Gasteiger charge is 2.17. The highest BCUT2D eigenvalue weighted by atomic mass is 32.2. The van der Waals surface area contributed by atoms with E-state index >= 15 is 0 Å². The molecule has 5 heteroatoms. The van der Waals surface area contributed by atoms with Crippen LogP contribution in [0.15, 0.2) is 59.5 Å².